The van der Waals surface area contributed by atoms with E-state index in [1.807, 2.05) is 18.2 Å². The van der Waals surface area contributed by atoms with Gasteiger partial charge in [0, 0.05) is 45.0 Å². The molecule has 0 aliphatic carbocycles. The maximum Gasteiger partial charge on any atom is 0.305 e. The molecule has 11 nitrogen and oxygen atoms in total. The molecule has 2 N–H and O–H groups in total. The monoisotopic (exact) mass is 478 g/mol. The molecular weight excluding hydrogens is 452 g/mol. The fourth-order valence-electron chi connectivity index (χ4n) is 4.11. The van der Waals surface area contributed by atoms with Gasteiger partial charge < -0.3 is 29.4 Å². The maximum absolute atomic E-state index is 13.0. The third-order valence-electron chi connectivity index (χ3n) is 5.89. The molecule has 35 heavy (non-hydrogen) atoms. The summed E-state index contributed by atoms with van der Waals surface area (Å²) in [5.41, 5.74) is 2.82. The molecule has 1 fully saturated rings. The van der Waals surface area contributed by atoms with Crippen molar-refractivity contribution in [2.75, 3.05) is 61.6 Å². The van der Waals surface area contributed by atoms with Crippen molar-refractivity contribution in [2.24, 2.45) is 0 Å². The van der Waals surface area contributed by atoms with Gasteiger partial charge in [-0.15, -0.1) is 0 Å². The van der Waals surface area contributed by atoms with Crippen LogP contribution in [-0.4, -0.2) is 68.3 Å². The number of fused-ring (bicyclic) bond motifs is 1. The number of carbonyl (C=O) groups excluding carboxylic acids is 2. The van der Waals surface area contributed by atoms with E-state index < -0.39 is 5.91 Å². The van der Waals surface area contributed by atoms with Crippen LogP contribution in [0.15, 0.2) is 47.3 Å². The molecule has 0 spiro atoms. The Balaban J connectivity index is 1.28. The lowest BCUT2D eigenvalue weighted by Crippen LogP contribution is -2.43. The van der Waals surface area contributed by atoms with Gasteiger partial charge in [-0.05, 0) is 23.8 Å². The van der Waals surface area contributed by atoms with Gasteiger partial charge in [0.15, 0.2) is 0 Å². The number of pyridine rings is 1. The first-order valence-electron chi connectivity index (χ1n) is 11.4. The lowest BCUT2D eigenvalue weighted by molar-refractivity contribution is 0.0974. The number of ether oxygens (including phenoxy) is 2. The van der Waals surface area contributed by atoms with Crippen LogP contribution in [-0.2, 0) is 11.3 Å². The third kappa shape index (κ3) is 4.81. The number of hydrogen-bond donors (Lipinski definition) is 2. The van der Waals surface area contributed by atoms with Crippen molar-refractivity contribution in [2.45, 2.75) is 6.54 Å². The number of hydrogen-bond acceptors (Lipinski definition) is 9. The van der Waals surface area contributed by atoms with Gasteiger partial charge in [-0.1, -0.05) is 6.07 Å². The number of oxazole rings is 1. The van der Waals surface area contributed by atoms with E-state index in [9.17, 15) is 9.59 Å². The third-order valence-corrected chi connectivity index (χ3v) is 5.89. The highest BCUT2D eigenvalue weighted by Crippen LogP contribution is 2.31. The van der Waals surface area contributed by atoms with Gasteiger partial charge in [-0.2, -0.15) is 0 Å². The second-order valence-electron chi connectivity index (χ2n) is 8.14. The van der Waals surface area contributed by atoms with Crippen molar-refractivity contribution in [3.63, 3.8) is 0 Å². The summed E-state index contributed by atoms with van der Waals surface area (Å²) in [5.74, 6) is -0.145. The van der Waals surface area contributed by atoms with E-state index in [4.69, 9.17) is 13.9 Å². The molecule has 11 heteroatoms. The van der Waals surface area contributed by atoms with Gasteiger partial charge in [-0.3, -0.25) is 19.5 Å². The first-order valence-corrected chi connectivity index (χ1v) is 11.4. The lowest BCUT2D eigenvalue weighted by Gasteiger charge is -2.30. The van der Waals surface area contributed by atoms with Crippen LogP contribution in [0.25, 0.3) is 0 Å². The smallest absolute Gasteiger partial charge is 0.305 e. The summed E-state index contributed by atoms with van der Waals surface area (Å²) in [4.78, 5) is 37.8. The highest BCUT2D eigenvalue weighted by atomic mass is 16.5. The molecule has 4 heterocycles. The summed E-state index contributed by atoms with van der Waals surface area (Å²) in [6, 6.07) is 7.28. The van der Waals surface area contributed by atoms with Gasteiger partial charge in [0.2, 0.25) is 5.76 Å². The zero-order valence-corrected chi connectivity index (χ0v) is 19.3. The lowest BCUT2D eigenvalue weighted by atomic mass is 10.1. The summed E-state index contributed by atoms with van der Waals surface area (Å²) in [7, 11) is 1.60. The molecule has 0 saturated carbocycles. The normalized spacial score (nSPS) is 15.3. The topological polar surface area (TPSA) is 122 Å². The molecule has 1 aromatic carbocycles. The van der Waals surface area contributed by atoms with Crippen molar-refractivity contribution in [1.82, 2.24) is 15.3 Å². The second-order valence-corrected chi connectivity index (χ2v) is 8.14. The average Bonchev–Trinajstić information content (AvgIpc) is 3.50. The highest BCUT2D eigenvalue weighted by molar-refractivity contribution is 6.09. The Morgan fingerprint density at radius 3 is 2.89 bits per heavy atom. The van der Waals surface area contributed by atoms with Crippen LogP contribution < -0.4 is 25.2 Å². The number of carbonyl (C=O) groups is 2. The molecule has 0 atom stereocenters. The summed E-state index contributed by atoms with van der Waals surface area (Å²) in [6.07, 6.45) is 4.63. The van der Waals surface area contributed by atoms with E-state index in [2.05, 4.69) is 25.5 Å². The molecule has 3 aromatic rings. The number of benzene rings is 1. The van der Waals surface area contributed by atoms with Crippen LogP contribution in [0.1, 0.15) is 26.5 Å². The second kappa shape index (κ2) is 10.1. The zero-order valence-electron chi connectivity index (χ0n) is 19.3. The molecule has 1 saturated heterocycles. The van der Waals surface area contributed by atoms with Crippen LogP contribution in [0.4, 0.5) is 17.4 Å². The Hall–Kier alpha value is -3.96. The predicted molar refractivity (Wildman–Crippen MR) is 128 cm³/mol. The number of aromatic nitrogens is 2. The molecule has 2 aromatic heterocycles. The van der Waals surface area contributed by atoms with Crippen molar-refractivity contribution >= 4 is 29.2 Å². The number of methoxy groups -OCH3 is 1. The number of rotatable bonds is 8. The summed E-state index contributed by atoms with van der Waals surface area (Å²) < 4.78 is 16.3. The van der Waals surface area contributed by atoms with E-state index in [1.165, 1.54) is 11.1 Å². The number of nitrogens with zero attached hydrogens (tertiary/aromatic N) is 4. The minimum atomic E-state index is -0.467. The highest BCUT2D eigenvalue weighted by Gasteiger charge is 2.32. The first-order chi connectivity index (χ1) is 17.1. The van der Waals surface area contributed by atoms with Crippen molar-refractivity contribution in [3.05, 3.63) is 59.7 Å². The van der Waals surface area contributed by atoms with Crippen LogP contribution in [0.2, 0.25) is 0 Å². The van der Waals surface area contributed by atoms with E-state index in [0.29, 0.717) is 36.8 Å². The number of piperazine rings is 1. The Kier molecular flexibility index (Phi) is 6.59. The zero-order chi connectivity index (χ0) is 24.2. The average molecular weight is 479 g/mol. The Labute approximate surface area is 202 Å². The summed E-state index contributed by atoms with van der Waals surface area (Å²) in [6.45, 7) is 4.53. The standard InChI is InChI=1S/C24H26N6O5/c1-33-10-11-34-17-3-2-16-15-30(23(32)18(16)12-17)24-27-14-21(35-24)22(31)28-19-13-26-5-4-20(19)29-8-6-25-7-9-29/h2-5,12-14,25H,6-11,15H2,1H3,(H,28,31). The molecule has 0 bridgehead atoms. The summed E-state index contributed by atoms with van der Waals surface area (Å²) >= 11 is 0. The van der Waals surface area contributed by atoms with Crippen molar-refractivity contribution < 1.29 is 23.5 Å². The Morgan fingerprint density at radius 2 is 2.06 bits per heavy atom. The number of anilines is 3. The van der Waals surface area contributed by atoms with Crippen LogP contribution in [0.5, 0.6) is 5.75 Å². The summed E-state index contributed by atoms with van der Waals surface area (Å²) in [5, 5.41) is 6.17. The van der Waals surface area contributed by atoms with Gasteiger partial charge in [-0.25, -0.2) is 4.98 Å². The molecule has 0 unspecified atom stereocenters. The molecule has 2 aliphatic rings. The molecule has 0 radical (unpaired) electrons. The van der Waals surface area contributed by atoms with Crippen LogP contribution in [0, 0.1) is 0 Å². The van der Waals surface area contributed by atoms with E-state index in [-0.39, 0.29) is 17.7 Å². The van der Waals surface area contributed by atoms with Crippen molar-refractivity contribution in [1.29, 1.82) is 0 Å². The Morgan fingerprint density at radius 1 is 1.20 bits per heavy atom. The van der Waals surface area contributed by atoms with E-state index >= 15 is 0 Å². The fraction of sp³-hybridized carbons (Fsp3) is 0.333. The van der Waals surface area contributed by atoms with Gasteiger partial charge >= 0.3 is 6.01 Å². The first kappa shape index (κ1) is 22.8. The maximum atomic E-state index is 13.0. The predicted octanol–water partition coefficient (Wildman–Crippen LogP) is 1.92. The molecule has 5 rings (SSSR count). The molecule has 2 aliphatic heterocycles. The number of nitrogens with one attached hydrogen (secondary N) is 2. The van der Waals surface area contributed by atoms with Gasteiger partial charge in [0.05, 0.1) is 36.9 Å². The fourth-order valence-corrected chi connectivity index (χ4v) is 4.11. The van der Waals surface area contributed by atoms with Gasteiger partial charge in [0.1, 0.15) is 12.4 Å². The van der Waals surface area contributed by atoms with E-state index in [0.717, 1.165) is 37.4 Å². The SMILES string of the molecule is COCCOc1ccc2c(c1)C(=O)N(c1ncc(C(=O)Nc3cnccc3N3CCNCC3)o1)C2. The largest absolute Gasteiger partial charge is 0.491 e. The van der Waals surface area contributed by atoms with Crippen molar-refractivity contribution in [3.8, 4) is 5.75 Å². The van der Waals surface area contributed by atoms with Gasteiger partial charge in [0.25, 0.3) is 11.8 Å². The van der Waals surface area contributed by atoms with E-state index in [1.54, 1.807) is 25.6 Å². The molecule has 182 valence electrons. The van der Waals surface area contributed by atoms with Crippen LogP contribution >= 0.6 is 0 Å². The minimum Gasteiger partial charge on any atom is -0.491 e. The quantitative estimate of drug-likeness (QED) is 0.468. The Bertz CT molecular complexity index is 1220. The number of amides is 2. The molecule has 2 amide bonds. The minimum absolute atomic E-state index is 0.00228. The molecular formula is C24H26N6O5. The van der Waals surface area contributed by atoms with Crippen LogP contribution in [0.3, 0.4) is 0 Å².